The van der Waals surface area contributed by atoms with Gasteiger partial charge in [0, 0.05) is 12.6 Å². The van der Waals surface area contributed by atoms with Crippen LogP contribution in [-0.2, 0) is 16.1 Å². The summed E-state index contributed by atoms with van der Waals surface area (Å²) in [4.78, 5) is 40.3. The number of nitrogens with one attached hydrogen (secondary N) is 2. The number of carbonyl (C=O) groups excluding carboxylic acids is 3. The predicted octanol–water partition coefficient (Wildman–Crippen LogP) is 3.57. The van der Waals surface area contributed by atoms with Crippen LogP contribution in [0.15, 0.2) is 69.9 Å². The molecule has 1 fully saturated rings. The Bertz CT molecular complexity index is 1090. The lowest BCUT2D eigenvalue weighted by atomic mass is 10.1. The minimum atomic E-state index is -1.06. The summed E-state index contributed by atoms with van der Waals surface area (Å²) in [6.07, 6.45) is 6.62. The van der Waals surface area contributed by atoms with Gasteiger partial charge < -0.3 is 24.4 Å². The standard InChI is InChI=1S/C25H26FN3O5/c26-18-11-9-17(10-12-18)16-29(22(30)15-27-24(31)21-8-4-14-34-21)23(20-7-3-13-33-20)25(32)28-19-5-1-2-6-19/h3-4,7-14,19,23H,1-2,5-6,15-16H2,(H,27,31)(H,28,32)/t23-/m1/s1. The van der Waals surface area contributed by atoms with E-state index in [1.54, 1.807) is 30.3 Å². The zero-order valence-corrected chi connectivity index (χ0v) is 18.5. The van der Waals surface area contributed by atoms with Gasteiger partial charge in [-0.05, 0) is 54.8 Å². The molecule has 4 rings (SSSR count). The fourth-order valence-electron chi connectivity index (χ4n) is 4.08. The van der Waals surface area contributed by atoms with E-state index >= 15 is 0 Å². The Labute approximate surface area is 196 Å². The topological polar surface area (TPSA) is 105 Å². The first-order valence-corrected chi connectivity index (χ1v) is 11.2. The number of hydrogen-bond donors (Lipinski definition) is 2. The molecule has 2 heterocycles. The van der Waals surface area contributed by atoms with E-state index in [4.69, 9.17) is 8.83 Å². The van der Waals surface area contributed by atoms with Gasteiger partial charge in [-0.25, -0.2) is 4.39 Å². The Hall–Kier alpha value is -3.88. The third-order valence-electron chi connectivity index (χ3n) is 5.81. The first-order valence-electron chi connectivity index (χ1n) is 11.2. The second-order valence-electron chi connectivity index (χ2n) is 8.22. The smallest absolute Gasteiger partial charge is 0.287 e. The number of nitrogens with zero attached hydrogens (tertiary/aromatic N) is 1. The number of carbonyl (C=O) groups is 3. The van der Waals surface area contributed by atoms with Crippen molar-refractivity contribution in [1.82, 2.24) is 15.5 Å². The highest BCUT2D eigenvalue weighted by molar-refractivity contribution is 5.95. The van der Waals surface area contributed by atoms with Crippen LogP contribution >= 0.6 is 0 Å². The van der Waals surface area contributed by atoms with E-state index in [2.05, 4.69) is 10.6 Å². The Morgan fingerprint density at radius 3 is 2.35 bits per heavy atom. The third kappa shape index (κ3) is 5.72. The van der Waals surface area contributed by atoms with Crippen molar-refractivity contribution in [2.24, 2.45) is 0 Å². The van der Waals surface area contributed by atoms with Crippen molar-refractivity contribution in [3.8, 4) is 0 Å². The molecule has 1 aliphatic carbocycles. The average molecular weight is 467 g/mol. The molecular formula is C25H26FN3O5. The summed E-state index contributed by atoms with van der Waals surface area (Å²) in [6, 6.07) is 11.0. The highest BCUT2D eigenvalue weighted by Gasteiger charge is 2.35. The number of furan rings is 2. The summed E-state index contributed by atoms with van der Waals surface area (Å²) in [5.41, 5.74) is 0.623. The molecule has 0 saturated heterocycles. The quantitative estimate of drug-likeness (QED) is 0.501. The highest BCUT2D eigenvalue weighted by atomic mass is 19.1. The van der Waals surface area contributed by atoms with Gasteiger partial charge in [-0.1, -0.05) is 25.0 Å². The molecule has 178 valence electrons. The lowest BCUT2D eigenvalue weighted by molar-refractivity contribution is -0.141. The monoisotopic (exact) mass is 467 g/mol. The molecule has 3 amide bonds. The summed E-state index contributed by atoms with van der Waals surface area (Å²) in [6.45, 7) is -0.353. The van der Waals surface area contributed by atoms with Gasteiger partial charge in [-0.3, -0.25) is 14.4 Å². The molecule has 1 saturated carbocycles. The van der Waals surface area contributed by atoms with Crippen molar-refractivity contribution < 1.29 is 27.6 Å². The van der Waals surface area contributed by atoms with Crippen molar-refractivity contribution in [2.45, 2.75) is 44.3 Å². The van der Waals surface area contributed by atoms with Crippen LogP contribution in [0.2, 0.25) is 0 Å². The molecule has 0 spiro atoms. The van der Waals surface area contributed by atoms with Crippen molar-refractivity contribution in [3.63, 3.8) is 0 Å². The molecule has 34 heavy (non-hydrogen) atoms. The van der Waals surface area contributed by atoms with Gasteiger partial charge in [0.2, 0.25) is 5.91 Å². The Morgan fingerprint density at radius 1 is 1.00 bits per heavy atom. The molecule has 9 heteroatoms. The van der Waals surface area contributed by atoms with Crippen LogP contribution in [0.4, 0.5) is 4.39 Å². The summed E-state index contributed by atoms with van der Waals surface area (Å²) in [7, 11) is 0. The highest BCUT2D eigenvalue weighted by Crippen LogP contribution is 2.26. The van der Waals surface area contributed by atoms with E-state index in [9.17, 15) is 18.8 Å². The number of hydrogen-bond acceptors (Lipinski definition) is 5. The maximum Gasteiger partial charge on any atom is 0.287 e. The molecule has 1 atom stereocenters. The summed E-state index contributed by atoms with van der Waals surface area (Å²) < 4.78 is 24.0. The van der Waals surface area contributed by atoms with E-state index in [-0.39, 0.29) is 30.8 Å². The van der Waals surface area contributed by atoms with E-state index in [0.717, 1.165) is 25.7 Å². The van der Waals surface area contributed by atoms with Crippen LogP contribution in [0.3, 0.4) is 0 Å². The second-order valence-corrected chi connectivity index (χ2v) is 8.22. The summed E-state index contributed by atoms with van der Waals surface area (Å²) in [5, 5.41) is 5.56. The fraction of sp³-hybridized carbons (Fsp3) is 0.320. The second kappa shape index (κ2) is 10.8. The van der Waals surface area contributed by atoms with E-state index in [1.165, 1.54) is 35.6 Å². The minimum Gasteiger partial charge on any atom is -0.467 e. The normalized spacial score (nSPS) is 14.5. The first-order chi connectivity index (χ1) is 16.5. The van der Waals surface area contributed by atoms with E-state index in [0.29, 0.717) is 11.3 Å². The van der Waals surface area contributed by atoms with E-state index < -0.39 is 23.7 Å². The van der Waals surface area contributed by atoms with Crippen LogP contribution in [0.25, 0.3) is 0 Å². The predicted molar refractivity (Wildman–Crippen MR) is 120 cm³/mol. The number of rotatable bonds is 9. The fourth-order valence-corrected chi connectivity index (χ4v) is 4.08. The number of amides is 3. The van der Waals surface area contributed by atoms with Crippen LogP contribution in [-0.4, -0.2) is 35.2 Å². The van der Waals surface area contributed by atoms with Crippen LogP contribution in [0, 0.1) is 5.82 Å². The zero-order chi connectivity index (χ0) is 23.9. The number of halogens is 1. The largest absolute Gasteiger partial charge is 0.467 e. The summed E-state index contributed by atoms with van der Waals surface area (Å²) in [5.74, 6) is -1.47. The lowest BCUT2D eigenvalue weighted by Gasteiger charge is -2.31. The van der Waals surface area contributed by atoms with Gasteiger partial charge >= 0.3 is 0 Å². The molecule has 8 nitrogen and oxygen atoms in total. The molecule has 3 aromatic rings. The molecule has 1 aromatic carbocycles. The van der Waals surface area contributed by atoms with Crippen molar-refractivity contribution in [3.05, 3.63) is 84.0 Å². The Morgan fingerprint density at radius 2 is 1.71 bits per heavy atom. The molecule has 0 unspecified atom stereocenters. The first kappa shape index (κ1) is 23.3. The molecule has 0 aliphatic heterocycles. The lowest BCUT2D eigenvalue weighted by Crippen LogP contribution is -2.48. The molecular weight excluding hydrogens is 441 g/mol. The van der Waals surface area contributed by atoms with Gasteiger partial charge in [0.15, 0.2) is 11.8 Å². The molecule has 2 N–H and O–H groups in total. The van der Waals surface area contributed by atoms with E-state index in [1.807, 2.05) is 0 Å². The molecule has 0 bridgehead atoms. The van der Waals surface area contributed by atoms with Crippen molar-refractivity contribution in [2.75, 3.05) is 6.54 Å². The van der Waals surface area contributed by atoms with Gasteiger partial charge in [0.25, 0.3) is 11.8 Å². The molecule has 2 aromatic heterocycles. The number of benzene rings is 1. The van der Waals surface area contributed by atoms with Crippen molar-refractivity contribution in [1.29, 1.82) is 0 Å². The van der Waals surface area contributed by atoms with Gasteiger partial charge in [0.05, 0.1) is 19.1 Å². The Balaban J connectivity index is 1.58. The maximum atomic E-state index is 13.4. The maximum absolute atomic E-state index is 13.4. The van der Waals surface area contributed by atoms with Crippen molar-refractivity contribution >= 4 is 17.7 Å². The van der Waals surface area contributed by atoms with Crippen LogP contribution < -0.4 is 10.6 Å². The van der Waals surface area contributed by atoms with Crippen LogP contribution in [0.5, 0.6) is 0 Å². The summed E-state index contributed by atoms with van der Waals surface area (Å²) >= 11 is 0. The van der Waals surface area contributed by atoms with Gasteiger partial charge in [-0.2, -0.15) is 0 Å². The molecule has 1 aliphatic rings. The van der Waals surface area contributed by atoms with Crippen LogP contribution in [0.1, 0.15) is 53.6 Å². The molecule has 0 radical (unpaired) electrons. The zero-order valence-electron chi connectivity index (χ0n) is 18.5. The third-order valence-corrected chi connectivity index (χ3v) is 5.81. The van der Waals surface area contributed by atoms with Gasteiger partial charge in [0.1, 0.15) is 11.6 Å². The minimum absolute atomic E-state index is 0.0131. The average Bonchev–Trinajstić information content (AvgIpc) is 3.62. The Kier molecular flexibility index (Phi) is 7.41. The van der Waals surface area contributed by atoms with Gasteiger partial charge in [-0.15, -0.1) is 0 Å². The SMILES string of the molecule is O=C(NCC(=O)N(Cc1ccc(F)cc1)[C@@H](C(=O)NC1CCCC1)c1ccco1)c1ccco1.